The van der Waals surface area contributed by atoms with Crippen molar-refractivity contribution in [1.82, 2.24) is 5.32 Å². The number of halogens is 2. The molecule has 0 aliphatic heterocycles. The number of hydrogen-bond donors (Lipinski definition) is 1. The average Bonchev–Trinajstić information content (AvgIpc) is 2.21. The summed E-state index contributed by atoms with van der Waals surface area (Å²) in [6, 6.07) is 6.25. The van der Waals surface area contributed by atoms with E-state index in [0.717, 1.165) is 17.9 Å². The van der Waals surface area contributed by atoms with Crippen LogP contribution < -0.4 is 5.32 Å². The van der Waals surface area contributed by atoms with E-state index in [9.17, 15) is 0 Å². The van der Waals surface area contributed by atoms with Crippen molar-refractivity contribution >= 4 is 23.2 Å². The third-order valence-electron chi connectivity index (χ3n) is 3.04. The summed E-state index contributed by atoms with van der Waals surface area (Å²) in [5.41, 5.74) is 1.39. The van der Waals surface area contributed by atoms with Gasteiger partial charge in [0.25, 0.3) is 0 Å². The summed E-state index contributed by atoms with van der Waals surface area (Å²) >= 11 is 12.1. The molecule has 17 heavy (non-hydrogen) atoms. The zero-order valence-electron chi connectivity index (χ0n) is 11.0. The van der Waals surface area contributed by atoms with Gasteiger partial charge in [-0.2, -0.15) is 0 Å². The maximum absolute atomic E-state index is 6.21. The predicted octanol–water partition coefficient (Wildman–Crippen LogP) is 4.56. The highest BCUT2D eigenvalue weighted by Crippen LogP contribution is 2.31. The van der Waals surface area contributed by atoms with Crippen LogP contribution in [0.25, 0.3) is 0 Å². The van der Waals surface area contributed by atoms with Crippen molar-refractivity contribution in [3.05, 3.63) is 33.8 Å². The topological polar surface area (TPSA) is 12.0 Å². The molecule has 1 aromatic carbocycles. The second kappa shape index (κ2) is 6.08. The van der Waals surface area contributed by atoms with E-state index in [4.69, 9.17) is 23.2 Å². The molecule has 1 N–H and O–H groups in total. The van der Waals surface area contributed by atoms with E-state index < -0.39 is 0 Å². The molecular weight excluding hydrogens is 253 g/mol. The minimum absolute atomic E-state index is 0.222. The summed E-state index contributed by atoms with van der Waals surface area (Å²) in [6.45, 7) is 6.74. The molecule has 3 heteroatoms. The molecule has 96 valence electrons. The zero-order valence-corrected chi connectivity index (χ0v) is 12.5. The van der Waals surface area contributed by atoms with E-state index >= 15 is 0 Å². The molecule has 1 nitrogen and oxygen atoms in total. The fraction of sp³-hybridized carbons (Fsp3) is 0.571. The molecule has 0 heterocycles. The van der Waals surface area contributed by atoms with Crippen molar-refractivity contribution in [2.75, 3.05) is 7.05 Å². The number of nitrogens with one attached hydrogen (secondary N) is 1. The van der Waals surface area contributed by atoms with Gasteiger partial charge >= 0.3 is 0 Å². The third kappa shape index (κ3) is 4.87. The fourth-order valence-electron chi connectivity index (χ4n) is 2.18. The minimum atomic E-state index is 0.222. The van der Waals surface area contributed by atoms with Gasteiger partial charge in [-0.3, -0.25) is 0 Å². The fourth-order valence-corrected chi connectivity index (χ4v) is 2.66. The van der Waals surface area contributed by atoms with Crippen molar-refractivity contribution in [2.24, 2.45) is 5.41 Å². The van der Waals surface area contributed by atoms with Crippen LogP contribution >= 0.6 is 23.2 Å². The van der Waals surface area contributed by atoms with Gasteiger partial charge < -0.3 is 5.32 Å². The number of hydrogen-bond acceptors (Lipinski definition) is 1. The van der Waals surface area contributed by atoms with Crippen LogP contribution in [0.1, 0.15) is 32.8 Å². The Labute approximate surface area is 115 Å². The molecule has 0 spiro atoms. The number of benzene rings is 1. The van der Waals surface area contributed by atoms with Gasteiger partial charge in [0.05, 0.1) is 0 Å². The van der Waals surface area contributed by atoms with Gasteiger partial charge in [0.1, 0.15) is 0 Å². The van der Waals surface area contributed by atoms with Crippen molar-refractivity contribution in [3.63, 3.8) is 0 Å². The summed E-state index contributed by atoms with van der Waals surface area (Å²) in [6.07, 6.45) is 2.08. The average molecular weight is 274 g/mol. The van der Waals surface area contributed by atoms with Gasteiger partial charge in [-0.25, -0.2) is 0 Å². The SMILES string of the molecule is CNC(C)CC(C)(C)Cc1ccc(Cl)cc1Cl. The van der Waals surface area contributed by atoms with Crippen LogP contribution in [0.5, 0.6) is 0 Å². The normalized spacial score (nSPS) is 13.8. The van der Waals surface area contributed by atoms with Crippen LogP contribution in [-0.2, 0) is 6.42 Å². The molecule has 0 aliphatic carbocycles. The molecule has 1 aromatic rings. The highest BCUT2D eigenvalue weighted by molar-refractivity contribution is 6.35. The maximum atomic E-state index is 6.21. The molecule has 0 bridgehead atoms. The Morgan fingerprint density at radius 1 is 1.29 bits per heavy atom. The van der Waals surface area contributed by atoms with Crippen molar-refractivity contribution < 1.29 is 0 Å². The highest BCUT2D eigenvalue weighted by Gasteiger charge is 2.22. The monoisotopic (exact) mass is 273 g/mol. The van der Waals surface area contributed by atoms with Crippen molar-refractivity contribution in [1.29, 1.82) is 0 Å². The Morgan fingerprint density at radius 2 is 1.94 bits per heavy atom. The van der Waals surface area contributed by atoms with Crippen LogP contribution in [0.4, 0.5) is 0 Å². The first-order valence-electron chi connectivity index (χ1n) is 5.95. The lowest BCUT2D eigenvalue weighted by molar-refractivity contribution is 0.293. The largest absolute Gasteiger partial charge is 0.317 e. The molecular formula is C14H21Cl2N. The first-order valence-corrected chi connectivity index (χ1v) is 6.71. The first-order chi connectivity index (χ1) is 7.84. The molecule has 0 radical (unpaired) electrons. The van der Waals surface area contributed by atoms with E-state index in [-0.39, 0.29) is 5.41 Å². The predicted molar refractivity (Wildman–Crippen MR) is 77.1 cm³/mol. The smallest absolute Gasteiger partial charge is 0.0453 e. The zero-order chi connectivity index (χ0) is 13.1. The molecule has 0 aromatic heterocycles. The maximum Gasteiger partial charge on any atom is 0.0453 e. The Kier molecular flexibility index (Phi) is 5.30. The van der Waals surface area contributed by atoms with E-state index in [1.807, 2.05) is 25.2 Å². The second-order valence-electron chi connectivity index (χ2n) is 5.47. The lowest BCUT2D eigenvalue weighted by atomic mass is 9.80. The molecule has 1 rings (SSSR count). The first kappa shape index (κ1) is 14.8. The summed E-state index contributed by atoms with van der Waals surface area (Å²) in [7, 11) is 2.00. The van der Waals surface area contributed by atoms with E-state index in [1.165, 1.54) is 5.56 Å². The van der Waals surface area contributed by atoms with Gasteiger partial charge in [0.2, 0.25) is 0 Å². The Bertz CT molecular complexity index is 374. The van der Waals surface area contributed by atoms with Crippen LogP contribution in [-0.4, -0.2) is 13.1 Å². The Balaban J connectivity index is 2.75. The van der Waals surface area contributed by atoms with Crippen LogP contribution in [0, 0.1) is 5.41 Å². The van der Waals surface area contributed by atoms with Gasteiger partial charge in [0.15, 0.2) is 0 Å². The Morgan fingerprint density at radius 3 is 2.47 bits per heavy atom. The van der Waals surface area contributed by atoms with Gasteiger partial charge in [-0.05, 0) is 49.9 Å². The minimum Gasteiger partial charge on any atom is -0.317 e. The lowest BCUT2D eigenvalue weighted by Gasteiger charge is -2.28. The van der Waals surface area contributed by atoms with Crippen LogP contribution in [0.15, 0.2) is 18.2 Å². The van der Waals surface area contributed by atoms with Crippen LogP contribution in [0.3, 0.4) is 0 Å². The molecule has 0 aliphatic rings. The van der Waals surface area contributed by atoms with Gasteiger partial charge in [0, 0.05) is 16.1 Å². The molecule has 0 fully saturated rings. The summed E-state index contributed by atoms with van der Waals surface area (Å²) in [5.74, 6) is 0. The van der Waals surface area contributed by atoms with Crippen molar-refractivity contribution in [3.8, 4) is 0 Å². The molecule has 1 atom stereocenters. The van der Waals surface area contributed by atoms with Gasteiger partial charge in [-0.15, -0.1) is 0 Å². The standard InChI is InChI=1S/C14H21Cl2N/c1-10(17-4)8-14(2,3)9-11-5-6-12(15)7-13(11)16/h5-7,10,17H,8-9H2,1-4H3. The number of rotatable bonds is 5. The molecule has 1 unspecified atom stereocenters. The molecule has 0 amide bonds. The summed E-state index contributed by atoms with van der Waals surface area (Å²) < 4.78 is 0. The lowest BCUT2D eigenvalue weighted by Crippen LogP contribution is -2.29. The van der Waals surface area contributed by atoms with Crippen LogP contribution in [0.2, 0.25) is 10.0 Å². The summed E-state index contributed by atoms with van der Waals surface area (Å²) in [5, 5.41) is 4.74. The van der Waals surface area contributed by atoms with Crippen molar-refractivity contribution in [2.45, 2.75) is 39.7 Å². The molecule has 0 saturated heterocycles. The van der Waals surface area contributed by atoms with E-state index in [2.05, 4.69) is 26.1 Å². The van der Waals surface area contributed by atoms with E-state index in [1.54, 1.807) is 0 Å². The third-order valence-corrected chi connectivity index (χ3v) is 3.62. The second-order valence-corrected chi connectivity index (χ2v) is 6.31. The summed E-state index contributed by atoms with van der Waals surface area (Å²) in [4.78, 5) is 0. The Hall–Kier alpha value is -0.240. The molecule has 0 saturated carbocycles. The highest BCUT2D eigenvalue weighted by atomic mass is 35.5. The van der Waals surface area contributed by atoms with E-state index in [0.29, 0.717) is 11.1 Å². The van der Waals surface area contributed by atoms with Gasteiger partial charge in [-0.1, -0.05) is 43.1 Å². The quantitative estimate of drug-likeness (QED) is 0.830.